The van der Waals surface area contributed by atoms with E-state index in [-0.39, 0.29) is 12.4 Å². The van der Waals surface area contributed by atoms with Crippen molar-refractivity contribution in [2.45, 2.75) is 6.61 Å². The summed E-state index contributed by atoms with van der Waals surface area (Å²) in [4.78, 5) is 12.6. The van der Waals surface area contributed by atoms with Gasteiger partial charge in [-0.1, -0.05) is 41.9 Å². The first-order chi connectivity index (χ1) is 15.1. The minimum Gasteiger partial charge on any atom is -0.489 e. The van der Waals surface area contributed by atoms with Crippen LogP contribution in [0.4, 0.5) is 5.69 Å². The van der Waals surface area contributed by atoms with Gasteiger partial charge in [-0.15, -0.1) is 0 Å². The quantitative estimate of drug-likeness (QED) is 0.428. The van der Waals surface area contributed by atoms with Gasteiger partial charge in [0.1, 0.15) is 24.0 Å². The number of nitrogens with zero attached hydrogens (tertiary/aromatic N) is 1. The molecule has 7 heteroatoms. The molecule has 1 aliphatic heterocycles. The summed E-state index contributed by atoms with van der Waals surface area (Å²) in [7, 11) is 0. The van der Waals surface area contributed by atoms with Crippen LogP contribution >= 0.6 is 11.6 Å². The molecule has 1 N–H and O–H groups in total. The first-order valence-electron chi connectivity index (χ1n) is 9.41. The Hall–Kier alpha value is -3.95. The molecule has 0 saturated carbocycles. The van der Waals surface area contributed by atoms with E-state index in [1.165, 1.54) is 6.08 Å². The van der Waals surface area contributed by atoms with Crippen LogP contribution in [0.5, 0.6) is 17.2 Å². The van der Waals surface area contributed by atoms with Crippen LogP contribution in [0.15, 0.2) is 72.3 Å². The number of ether oxygens (including phenoxy) is 3. The van der Waals surface area contributed by atoms with Gasteiger partial charge in [0.2, 0.25) is 6.79 Å². The largest absolute Gasteiger partial charge is 0.489 e. The fraction of sp³-hybridized carbons (Fsp3) is 0.0833. The summed E-state index contributed by atoms with van der Waals surface area (Å²) in [5.74, 6) is 1.17. The molecule has 6 nitrogen and oxygen atoms in total. The second kappa shape index (κ2) is 9.24. The lowest BCUT2D eigenvalue weighted by molar-refractivity contribution is -0.112. The maximum absolute atomic E-state index is 12.6. The molecule has 0 fully saturated rings. The maximum Gasteiger partial charge on any atom is 0.266 e. The third-order valence-electron chi connectivity index (χ3n) is 4.52. The summed E-state index contributed by atoms with van der Waals surface area (Å²) in [6, 6.07) is 21.9. The number of nitrogens with one attached hydrogen (secondary N) is 1. The Morgan fingerprint density at radius 1 is 1.10 bits per heavy atom. The van der Waals surface area contributed by atoms with E-state index in [1.807, 2.05) is 36.4 Å². The highest BCUT2D eigenvalue weighted by molar-refractivity contribution is 6.32. The molecule has 1 heterocycles. The summed E-state index contributed by atoms with van der Waals surface area (Å²) in [6.07, 6.45) is 1.41. The molecular formula is C24H17ClN2O4. The van der Waals surface area contributed by atoms with Gasteiger partial charge in [-0.25, -0.2) is 0 Å². The van der Waals surface area contributed by atoms with Gasteiger partial charge in [0, 0.05) is 11.8 Å². The molecule has 3 aromatic rings. The van der Waals surface area contributed by atoms with Crippen molar-refractivity contribution >= 4 is 29.3 Å². The van der Waals surface area contributed by atoms with Crippen molar-refractivity contribution in [2.24, 2.45) is 0 Å². The third-order valence-corrected chi connectivity index (χ3v) is 4.84. The number of benzene rings is 3. The predicted molar refractivity (Wildman–Crippen MR) is 117 cm³/mol. The molecule has 1 aliphatic rings. The van der Waals surface area contributed by atoms with Gasteiger partial charge >= 0.3 is 0 Å². The van der Waals surface area contributed by atoms with Gasteiger partial charge in [-0.3, -0.25) is 4.79 Å². The van der Waals surface area contributed by atoms with Crippen LogP contribution in [-0.4, -0.2) is 12.7 Å². The number of amides is 1. The lowest BCUT2D eigenvalue weighted by Crippen LogP contribution is -2.13. The van der Waals surface area contributed by atoms with E-state index in [0.29, 0.717) is 40.1 Å². The summed E-state index contributed by atoms with van der Waals surface area (Å²) in [6.45, 7) is 0.555. The molecule has 0 unspecified atom stereocenters. The zero-order valence-corrected chi connectivity index (χ0v) is 17.1. The van der Waals surface area contributed by atoms with Crippen LogP contribution < -0.4 is 19.5 Å². The molecule has 0 saturated heterocycles. The lowest BCUT2D eigenvalue weighted by atomic mass is 10.1. The summed E-state index contributed by atoms with van der Waals surface area (Å²) in [5.41, 5.74) is 1.99. The standard InChI is InChI=1S/C24H17ClN2O4/c25-21-12-23-22(30-15-31-23)11-17(21)10-18(13-26)24(28)27-19-6-8-20(9-7-19)29-14-16-4-2-1-3-5-16/h1-12H,14-15H2,(H,27,28)/b18-10+. The van der Waals surface area contributed by atoms with E-state index in [0.717, 1.165) is 5.56 Å². The lowest BCUT2D eigenvalue weighted by Gasteiger charge is -2.08. The van der Waals surface area contributed by atoms with Gasteiger partial charge < -0.3 is 19.5 Å². The average molecular weight is 433 g/mol. The van der Waals surface area contributed by atoms with Gasteiger partial charge in [0.25, 0.3) is 5.91 Å². The number of hydrogen-bond donors (Lipinski definition) is 1. The van der Waals surface area contributed by atoms with Crippen LogP contribution in [-0.2, 0) is 11.4 Å². The minimum atomic E-state index is -0.547. The van der Waals surface area contributed by atoms with Crippen molar-refractivity contribution in [1.82, 2.24) is 0 Å². The van der Waals surface area contributed by atoms with Crippen LogP contribution in [0.3, 0.4) is 0 Å². The van der Waals surface area contributed by atoms with E-state index >= 15 is 0 Å². The third kappa shape index (κ3) is 4.97. The highest BCUT2D eigenvalue weighted by atomic mass is 35.5. The first-order valence-corrected chi connectivity index (χ1v) is 9.79. The van der Waals surface area contributed by atoms with E-state index in [1.54, 1.807) is 36.4 Å². The highest BCUT2D eigenvalue weighted by Crippen LogP contribution is 2.37. The summed E-state index contributed by atoms with van der Waals surface area (Å²) >= 11 is 6.23. The van der Waals surface area contributed by atoms with E-state index in [9.17, 15) is 10.1 Å². The molecule has 0 atom stereocenters. The Bertz CT molecular complexity index is 1170. The fourth-order valence-electron chi connectivity index (χ4n) is 2.92. The van der Waals surface area contributed by atoms with Crippen molar-refractivity contribution < 1.29 is 19.0 Å². The topological polar surface area (TPSA) is 80.6 Å². The smallest absolute Gasteiger partial charge is 0.266 e. The first kappa shape index (κ1) is 20.3. The molecule has 154 valence electrons. The van der Waals surface area contributed by atoms with Crippen LogP contribution in [0.1, 0.15) is 11.1 Å². The molecule has 0 bridgehead atoms. The van der Waals surface area contributed by atoms with Crippen molar-refractivity contribution in [3.05, 3.63) is 88.5 Å². The van der Waals surface area contributed by atoms with Crippen LogP contribution in [0.2, 0.25) is 5.02 Å². The zero-order valence-electron chi connectivity index (χ0n) is 16.3. The molecule has 3 aromatic carbocycles. The Morgan fingerprint density at radius 3 is 2.52 bits per heavy atom. The molecule has 0 aromatic heterocycles. The number of hydrogen-bond acceptors (Lipinski definition) is 5. The van der Waals surface area contributed by atoms with Crippen LogP contribution in [0.25, 0.3) is 6.08 Å². The second-order valence-electron chi connectivity index (χ2n) is 6.65. The average Bonchev–Trinajstić information content (AvgIpc) is 3.24. The number of fused-ring (bicyclic) bond motifs is 1. The Balaban J connectivity index is 1.42. The number of carbonyl (C=O) groups excluding carboxylic acids is 1. The summed E-state index contributed by atoms with van der Waals surface area (Å²) < 4.78 is 16.3. The summed E-state index contributed by atoms with van der Waals surface area (Å²) in [5, 5.41) is 12.5. The van der Waals surface area contributed by atoms with Gasteiger partial charge in [0.05, 0.1) is 5.02 Å². The van der Waals surface area contributed by atoms with Gasteiger partial charge in [0.15, 0.2) is 11.5 Å². The molecular weight excluding hydrogens is 416 g/mol. The molecule has 31 heavy (non-hydrogen) atoms. The normalized spacial score (nSPS) is 12.2. The van der Waals surface area contributed by atoms with Crippen molar-refractivity contribution in [3.8, 4) is 23.3 Å². The SMILES string of the molecule is N#C/C(=C\c1cc2c(cc1Cl)OCO2)C(=O)Nc1ccc(OCc2ccccc2)cc1. The maximum atomic E-state index is 12.6. The Morgan fingerprint density at radius 2 is 1.81 bits per heavy atom. The minimum absolute atomic E-state index is 0.0924. The molecule has 4 rings (SSSR count). The Kier molecular flexibility index (Phi) is 6.06. The van der Waals surface area contributed by atoms with E-state index < -0.39 is 5.91 Å². The molecule has 0 spiro atoms. The Labute approximate surface area is 184 Å². The number of anilines is 1. The van der Waals surface area contributed by atoms with E-state index in [4.69, 9.17) is 25.8 Å². The second-order valence-corrected chi connectivity index (χ2v) is 7.06. The zero-order chi connectivity index (χ0) is 21.6. The number of carbonyl (C=O) groups is 1. The van der Waals surface area contributed by atoms with Crippen LogP contribution in [0, 0.1) is 11.3 Å². The van der Waals surface area contributed by atoms with Crippen molar-refractivity contribution in [2.75, 3.05) is 12.1 Å². The molecule has 0 aliphatic carbocycles. The predicted octanol–water partition coefficient (Wildman–Crippen LogP) is 5.19. The van der Waals surface area contributed by atoms with Gasteiger partial charge in [-0.2, -0.15) is 5.26 Å². The van der Waals surface area contributed by atoms with Gasteiger partial charge in [-0.05, 0) is 47.5 Å². The van der Waals surface area contributed by atoms with E-state index in [2.05, 4.69) is 5.32 Å². The monoisotopic (exact) mass is 432 g/mol. The van der Waals surface area contributed by atoms with Crippen molar-refractivity contribution in [3.63, 3.8) is 0 Å². The van der Waals surface area contributed by atoms with Crippen molar-refractivity contribution in [1.29, 1.82) is 5.26 Å². The molecule has 0 radical (unpaired) electrons. The highest BCUT2D eigenvalue weighted by Gasteiger charge is 2.17. The number of halogens is 1. The fourth-order valence-corrected chi connectivity index (χ4v) is 3.13. The number of rotatable bonds is 6. The number of nitriles is 1. The molecule has 1 amide bonds.